The maximum Gasteiger partial charge on any atom is 0.191 e. The Labute approximate surface area is 186 Å². The van der Waals surface area contributed by atoms with E-state index < -0.39 is 0 Å². The Kier molecular flexibility index (Phi) is 11.6. The summed E-state index contributed by atoms with van der Waals surface area (Å²) in [6.07, 6.45) is 6.24. The van der Waals surface area contributed by atoms with Crippen LogP contribution >= 0.6 is 24.0 Å². The van der Waals surface area contributed by atoms with E-state index in [1.807, 2.05) is 32.2 Å². The second-order valence-corrected chi connectivity index (χ2v) is 7.15. The maximum absolute atomic E-state index is 5.66. The van der Waals surface area contributed by atoms with E-state index in [0.29, 0.717) is 18.6 Å². The number of rotatable bonds is 10. The molecular weight excluding hydrogens is 469 g/mol. The quantitative estimate of drug-likeness (QED) is 0.286. The van der Waals surface area contributed by atoms with Crippen LogP contribution in [0.1, 0.15) is 44.6 Å². The van der Waals surface area contributed by atoms with Crippen molar-refractivity contribution >= 4 is 29.9 Å². The van der Waals surface area contributed by atoms with Gasteiger partial charge >= 0.3 is 0 Å². The van der Waals surface area contributed by atoms with E-state index in [1.165, 1.54) is 25.7 Å². The number of ether oxygens (including phenoxy) is 3. The summed E-state index contributed by atoms with van der Waals surface area (Å²) < 4.78 is 16.3. The van der Waals surface area contributed by atoms with E-state index in [1.54, 1.807) is 14.2 Å². The van der Waals surface area contributed by atoms with Gasteiger partial charge in [0.05, 0.1) is 13.7 Å². The maximum atomic E-state index is 5.66. The molecule has 0 aliphatic heterocycles. The predicted molar refractivity (Wildman–Crippen MR) is 125 cm³/mol. The van der Waals surface area contributed by atoms with Gasteiger partial charge in [0.1, 0.15) is 0 Å². The molecule has 1 aliphatic carbocycles. The van der Waals surface area contributed by atoms with Gasteiger partial charge in [0, 0.05) is 33.9 Å². The Morgan fingerprint density at radius 1 is 1.14 bits per heavy atom. The molecule has 0 radical (unpaired) electrons. The van der Waals surface area contributed by atoms with Crippen LogP contribution in [0.4, 0.5) is 0 Å². The molecule has 0 aromatic heterocycles. The van der Waals surface area contributed by atoms with Crippen LogP contribution in [0.15, 0.2) is 23.2 Å². The highest BCUT2D eigenvalue weighted by atomic mass is 127. The summed E-state index contributed by atoms with van der Waals surface area (Å²) in [7, 11) is 5.25. The van der Waals surface area contributed by atoms with Crippen LogP contribution in [-0.2, 0) is 11.3 Å². The molecule has 1 aliphatic rings. The average Bonchev–Trinajstić information content (AvgIpc) is 3.16. The zero-order valence-corrected chi connectivity index (χ0v) is 20.0. The van der Waals surface area contributed by atoms with Gasteiger partial charge in [0.15, 0.2) is 17.5 Å². The minimum absolute atomic E-state index is 0. The number of hydrogen-bond donors (Lipinski definition) is 2. The van der Waals surface area contributed by atoms with Gasteiger partial charge in [-0.3, -0.25) is 4.99 Å². The number of nitrogens with one attached hydrogen (secondary N) is 2. The highest BCUT2D eigenvalue weighted by Gasteiger charge is 2.33. The lowest BCUT2D eigenvalue weighted by atomic mass is 9.83. The first-order valence-electron chi connectivity index (χ1n) is 9.89. The number of hydrogen-bond acceptors (Lipinski definition) is 4. The fraction of sp³-hybridized carbons (Fsp3) is 0.667. The van der Waals surface area contributed by atoms with Crippen molar-refractivity contribution in [3.05, 3.63) is 23.8 Å². The Hall–Kier alpha value is -1.22. The van der Waals surface area contributed by atoms with Crippen molar-refractivity contribution < 1.29 is 14.2 Å². The molecule has 0 spiro atoms. The Bertz CT molecular complexity index is 605. The fourth-order valence-electron chi connectivity index (χ4n) is 3.74. The summed E-state index contributed by atoms with van der Waals surface area (Å²) in [5.74, 6) is 2.35. The molecule has 2 rings (SSSR count). The molecule has 1 fully saturated rings. The molecule has 28 heavy (non-hydrogen) atoms. The van der Waals surface area contributed by atoms with Crippen molar-refractivity contribution in [2.24, 2.45) is 10.4 Å². The fourth-order valence-corrected chi connectivity index (χ4v) is 3.74. The van der Waals surface area contributed by atoms with Gasteiger partial charge < -0.3 is 24.8 Å². The molecule has 0 amide bonds. The lowest BCUT2D eigenvalue weighted by molar-refractivity contribution is 0.138. The first-order chi connectivity index (χ1) is 13.2. The number of aliphatic imine (C=N–C) groups is 1. The number of guanidine groups is 1. The molecule has 0 unspecified atom stereocenters. The topological polar surface area (TPSA) is 64.1 Å². The zero-order valence-electron chi connectivity index (χ0n) is 17.7. The highest BCUT2D eigenvalue weighted by molar-refractivity contribution is 14.0. The third kappa shape index (κ3) is 7.31. The van der Waals surface area contributed by atoms with E-state index in [4.69, 9.17) is 14.2 Å². The van der Waals surface area contributed by atoms with Crippen molar-refractivity contribution in [1.29, 1.82) is 0 Å². The first-order valence-corrected chi connectivity index (χ1v) is 9.89. The largest absolute Gasteiger partial charge is 0.493 e. The molecular formula is C21H36IN3O3. The van der Waals surface area contributed by atoms with Gasteiger partial charge in [-0.15, -0.1) is 24.0 Å². The monoisotopic (exact) mass is 505 g/mol. The van der Waals surface area contributed by atoms with E-state index in [9.17, 15) is 0 Å². The summed E-state index contributed by atoms with van der Waals surface area (Å²) >= 11 is 0. The van der Waals surface area contributed by atoms with Crippen LogP contribution in [0.2, 0.25) is 0 Å². The third-order valence-corrected chi connectivity index (χ3v) is 5.34. The normalized spacial score (nSPS) is 15.6. The van der Waals surface area contributed by atoms with Crippen LogP contribution in [0.3, 0.4) is 0 Å². The SMILES string of the molecule is CCOc1cc(CNC(=NC)NCC2(CCOC)CCCC2)ccc1OC.I. The summed E-state index contributed by atoms with van der Waals surface area (Å²) in [6, 6.07) is 5.99. The number of nitrogens with zero attached hydrogens (tertiary/aromatic N) is 1. The standard InChI is InChI=1S/C21H35N3O3.HI/c1-5-27-19-14-17(8-9-18(19)26-4)15-23-20(22-2)24-16-21(12-13-25-3)10-6-7-11-21;/h8-9,14H,5-7,10-13,15-16H2,1-4H3,(H2,22,23,24);1H. The molecule has 2 N–H and O–H groups in total. The first kappa shape index (κ1) is 24.8. The van der Waals surface area contributed by atoms with Gasteiger partial charge in [-0.2, -0.15) is 0 Å². The van der Waals surface area contributed by atoms with Gasteiger partial charge in [-0.25, -0.2) is 0 Å². The zero-order chi connectivity index (χ0) is 19.5. The van der Waals surface area contributed by atoms with Crippen molar-refractivity contribution in [2.75, 3.05) is 41.0 Å². The molecule has 1 aromatic carbocycles. The molecule has 1 aromatic rings. The van der Waals surface area contributed by atoms with E-state index in [2.05, 4.69) is 15.6 Å². The van der Waals surface area contributed by atoms with Crippen molar-refractivity contribution in [2.45, 2.75) is 45.6 Å². The van der Waals surface area contributed by atoms with E-state index in [-0.39, 0.29) is 24.0 Å². The highest BCUT2D eigenvalue weighted by Crippen LogP contribution is 2.40. The lowest BCUT2D eigenvalue weighted by Crippen LogP contribution is -2.43. The Morgan fingerprint density at radius 3 is 2.50 bits per heavy atom. The number of methoxy groups -OCH3 is 2. The molecule has 0 heterocycles. The van der Waals surface area contributed by atoms with Gasteiger partial charge in [-0.1, -0.05) is 18.9 Å². The summed E-state index contributed by atoms with van der Waals surface area (Å²) in [5, 5.41) is 6.92. The van der Waals surface area contributed by atoms with Crippen LogP contribution in [0.5, 0.6) is 11.5 Å². The minimum Gasteiger partial charge on any atom is -0.493 e. The molecule has 6 nitrogen and oxygen atoms in total. The van der Waals surface area contributed by atoms with Crippen LogP contribution in [-0.4, -0.2) is 47.0 Å². The van der Waals surface area contributed by atoms with Crippen molar-refractivity contribution in [3.63, 3.8) is 0 Å². The smallest absolute Gasteiger partial charge is 0.191 e. The average molecular weight is 505 g/mol. The van der Waals surface area contributed by atoms with Gasteiger partial charge in [-0.05, 0) is 49.3 Å². The molecule has 0 bridgehead atoms. The lowest BCUT2D eigenvalue weighted by Gasteiger charge is -2.30. The Morgan fingerprint density at radius 2 is 1.89 bits per heavy atom. The number of halogens is 1. The second kappa shape index (κ2) is 13.1. The molecule has 0 saturated heterocycles. The summed E-state index contributed by atoms with van der Waals surface area (Å²) in [4.78, 5) is 4.38. The van der Waals surface area contributed by atoms with E-state index in [0.717, 1.165) is 42.6 Å². The second-order valence-electron chi connectivity index (χ2n) is 7.15. The van der Waals surface area contributed by atoms with Crippen LogP contribution in [0.25, 0.3) is 0 Å². The molecule has 7 heteroatoms. The van der Waals surface area contributed by atoms with Crippen LogP contribution in [0, 0.1) is 5.41 Å². The predicted octanol–water partition coefficient (Wildman–Crippen LogP) is 3.97. The van der Waals surface area contributed by atoms with Crippen molar-refractivity contribution in [3.8, 4) is 11.5 Å². The van der Waals surface area contributed by atoms with Gasteiger partial charge in [0.2, 0.25) is 0 Å². The van der Waals surface area contributed by atoms with Gasteiger partial charge in [0.25, 0.3) is 0 Å². The molecule has 1 saturated carbocycles. The molecule has 0 atom stereocenters. The minimum atomic E-state index is 0. The summed E-state index contributed by atoms with van der Waals surface area (Å²) in [5.41, 5.74) is 1.45. The van der Waals surface area contributed by atoms with Crippen LogP contribution < -0.4 is 20.1 Å². The Balaban J connectivity index is 0.00000392. The summed E-state index contributed by atoms with van der Waals surface area (Å²) in [6.45, 7) is 5.01. The van der Waals surface area contributed by atoms with E-state index >= 15 is 0 Å². The van der Waals surface area contributed by atoms with Crippen molar-refractivity contribution in [1.82, 2.24) is 10.6 Å². The third-order valence-electron chi connectivity index (χ3n) is 5.34. The number of benzene rings is 1. The molecule has 160 valence electrons.